The van der Waals surface area contributed by atoms with E-state index in [9.17, 15) is 13.2 Å². The van der Waals surface area contributed by atoms with Gasteiger partial charge in [0.25, 0.3) is 0 Å². The summed E-state index contributed by atoms with van der Waals surface area (Å²) < 4.78 is 42.7. The molecule has 3 heterocycles. The van der Waals surface area contributed by atoms with E-state index >= 15 is 0 Å². The minimum atomic E-state index is -4.51. The summed E-state index contributed by atoms with van der Waals surface area (Å²) in [7, 11) is 0. The maximum Gasteiger partial charge on any atom is 0.416 e. The first-order valence-corrected chi connectivity index (χ1v) is 8.72. The van der Waals surface area contributed by atoms with E-state index in [1.807, 2.05) is 30.3 Å². The largest absolute Gasteiger partial charge is 0.416 e. The predicted octanol–water partition coefficient (Wildman–Crippen LogP) is 3.99. The third-order valence-corrected chi connectivity index (χ3v) is 4.89. The van der Waals surface area contributed by atoms with Crippen LogP contribution in [0.1, 0.15) is 16.7 Å². The number of nitrogens with zero attached hydrogens (tertiary/aromatic N) is 5. The number of aliphatic imine (C=N–C) groups is 1. The van der Waals surface area contributed by atoms with Gasteiger partial charge in [0.15, 0.2) is 5.65 Å². The smallest absolute Gasteiger partial charge is 0.369 e. The molecule has 0 saturated carbocycles. The van der Waals surface area contributed by atoms with Crippen molar-refractivity contribution in [3.05, 3.63) is 65.5 Å². The summed E-state index contributed by atoms with van der Waals surface area (Å²) in [6.07, 6.45) is -1.66. The van der Waals surface area contributed by atoms with E-state index in [0.717, 1.165) is 6.07 Å². The maximum atomic E-state index is 13.8. The molecule has 0 saturated heterocycles. The van der Waals surface area contributed by atoms with Crippen LogP contribution in [0.25, 0.3) is 28.0 Å². The van der Waals surface area contributed by atoms with Gasteiger partial charge in [0.2, 0.25) is 5.95 Å². The Labute approximate surface area is 162 Å². The molecule has 1 aliphatic heterocycles. The lowest BCUT2D eigenvalue weighted by Gasteiger charge is -2.17. The summed E-state index contributed by atoms with van der Waals surface area (Å²) in [5, 5.41) is 7.98. The molecule has 2 N–H and O–H groups in total. The number of aromatic nitrogens is 4. The van der Waals surface area contributed by atoms with E-state index in [0.29, 0.717) is 33.6 Å². The minimum absolute atomic E-state index is 0.0102. The van der Waals surface area contributed by atoms with Gasteiger partial charge < -0.3 is 5.73 Å². The quantitative estimate of drug-likeness (QED) is 0.557. The zero-order chi connectivity index (χ0) is 20.2. The molecule has 4 aromatic rings. The third-order valence-electron chi connectivity index (χ3n) is 4.89. The lowest BCUT2D eigenvalue weighted by Crippen LogP contribution is -2.11. The summed E-state index contributed by atoms with van der Waals surface area (Å²) in [6.45, 7) is 0.0102. The van der Waals surface area contributed by atoms with E-state index < -0.39 is 11.7 Å². The van der Waals surface area contributed by atoms with Crippen LogP contribution in [-0.2, 0) is 12.7 Å². The number of nitrogens with two attached hydrogens (primary N) is 1. The van der Waals surface area contributed by atoms with Crippen molar-refractivity contribution in [3.63, 3.8) is 0 Å². The summed E-state index contributed by atoms with van der Waals surface area (Å²) in [5.74, 6) is 0.145. The van der Waals surface area contributed by atoms with Crippen molar-refractivity contribution < 1.29 is 13.2 Å². The molecule has 0 bridgehead atoms. The van der Waals surface area contributed by atoms with Crippen molar-refractivity contribution in [2.75, 3.05) is 5.73 Å². The molecular formula is C20H13F3N6. The van der Waals surface area contributed by atoms with Crippen LogP contribution < -0.4 is 5.73 Å². The fourth-order valence-electron chi connectivity index (χ4n) is 3.59. The van der Waals surface area contributed by atoms with Crippen molar-refractivity contribution >= 4 is 17.8 Å². The Balaban J connectivity index is 1.88. The molecule has 1 aliphatic rings. The van der Waals surface area contributed by atoms with Crippen molar-refractivity contribution in [1.29, 1.82) is 0 Å². The van der Waals surface area contributed by atoms with Gasteiger partial charge in [-0.05, 0) is 28.8 Å². The van der Waals surface area contributed by atoms with Crippen molar-refractivity contribution in [2.24, 2.45) is 4.99 Å². The van der Waals surface area contributed by atoms with Gasteiger partial charge in [-0.25, -0.2) is 4.98 Å². The molecule has 0 radical (unpaired) electrons. The molecular weight excluding hydrogens is 381 g/mol. The van der Waals surface area contributed by atoms with Crippen LogP contribution in [0.2, 0.25) is 0 Å². The number of nitrogen functional groups attached to an aromatic ring is 1. The van der Waals surface area contributed by atoms with Gasteiger partial charge in [-0.15, -0.1) is 10.2 Å². The van der Waals surface area contributed by atoms with Gasteiger partial charge in [0.05, 0.1) is 23.4 Å². The second-order valence-corrected chi connectivity index (χ2v) is 6.64. The Kier molecular flexibility index (Phi) is 3.67. The number of benzene rings is 2. The summed E-state index contributed by atoms with van der Waals surface area (Å²) in [4.78, 5) is 8.46. The van der Waals surface area contributed by atoms with Crippen LogP contribution in [0.3, 0.4) is 0 Å². The Morgan fingerprint density at radius 3 is 2.59 bits per heavy atom. The Hall–Kier alpha value is -3.75. The lowest BCUT2D eigenvalue weighted by atomic mass is 9.93. The minimum Gasteiger partial charge on any atom is -0.369 e. The molecule has 9 heteroatoms. The second kappa shape index (κ2) is 6.13. The Bertz CT molecular complexity index is 1280. The number of hydrogen-bond acceptors (Lipinski definition) is 5. The second-order valence-electron chi connectivity index (χ2n) is 6.64. The van der Waals surface area contributed by atoms with Crippen LogP contribution in [0.4, 0.5) is 19.1 Å². The number of anilines is 1. The molecule has 0 fully saturated rings. The molecule has 6 nitrogen and oxygen atoms in total. The van der Waals surface area contributed by atoms with E-state index in [4.69, 9.17) is 5.73 Å². The fourth-order valence-corrected chi connectivity index (χ4v) is 3.59. The van der Waals surface area contributed by atoms with Crippen molar-refractivity contribution in [3.8, 4) is 22.4 Å². The van der Waals surface area contributed by atoms with Crippen LogP contribution >= 0.6 is 0 Å². The number of alkyl halides is 3. The highest BCUT2D eigenvalue weighted by Crippen LogP contribution is 2.41. The lowest BCUT2D eigenvalue weighted by molar-refractivity contribution is -0.138. The van der Waals surface area contributed by atoms with Gasteiger partial charge >= 0.3 is 6.18 Å². The molecule has 0 atom stereocenters. The van der Waals surface area contributed by atoms with Crippen LogP contribution in [0, 0.1) is 0 Å². The summed E-state index contributed by atoms with van der Waals surface area (Å²) >= 11 is 0. The third kappa shape index (κ3) is 2.74. The van der Waals surface area contributed by atoms with E-state index in [2.05, 4.69) is 20.2 Å². The average molecular weight is 394 g/mol. The highest BCUT2D eigenvalue weighted by molar-refractivity contribution is 5.94. The molecule has 0 aliphatic carbocycles. The zero-order valence-corrected chi connectivity index (χ0v) is 14.9. The van der Waals surface area contributed by atoms with Gasteiger partial charge in [-0.1, -0.05) is 30.3 Å². The normalized spacial score (nSPS) is 13.2. The standard InChI is InChI=1S/C20H13F3N6/c21-20(22,23)15-7-12(6-13-8-25-9-14(13)15)16-17(11-4-2-1-3-5-11)27-19(24)29-10-26-28-18(16)29/h1-8,10H,9H2,(H2,24,27). The van der Waals surface area contributed by atoms with Gasteiger partial charge in [-0.2, -0.15) is 13.2 Å². The first-order valence-electron chi connectivity index (χ1n) is 8.72. The number of rotatable bonds is 2. The van der Waals surface area contributed by atoms with E-state index in [-0.39, 0.29) is 18.1 Å². The molecule has 2 aromatic heterocycles. The molecule has 144 valence electrons. The summed E-state index contributed by atoms with van der Waals surface area (Å²) in [5.41, 5.74) is 8.17. The molecule has 5 rings (SSSR count). The van der Waals surface area contributed by atoms with Crippen LogP contribution in [-0.4, -0.2) is 25.8 Å². The molecule has 0 amide bonds. The van der Waals surface area contributed by atoms with Crippen molar-refractivity contribution in [1.82, 2.24) is 19.6 Å². The van der Waals surface area contributed by atoms with E-state index in [1.165, 1.54) is 16.9 Å². The fraction of sp³-hybridized carbons (Fsp3) is 0.100. The maximum absolute atomic E-state index is 13.8. The average Bonchev–Trinajstić information content (AvgIpc) is 3.36. The summed E-state index contributed by atoms with van der Waals surface area (Å²) in [6, 6.07) is 11.9. The van der Waals surface area contributed by atoms with Gasteiger partial charge in [-0.3, -0.25) is 9.39 Å². The van der Waals surface area contributed by atoms with Crippen LogP contribution in [0.5, 0.6) is 0 Å². The van der Waals surface area contributed by atoms with Crippen LogP contribution in [0.15, 0.2) is 53.8 Å². The van der Waals surface area contributed by atoms with Gasteiger partial charge in [0.1, 0.15) is 6.33 Å². The highest BCUT2D eigenvalue weighted by Gasteiger charge is 2.36. The Morgan fingerprint density at radius 2 is 1.83 bits per heavy atom. The zero-order valence-electron chi connectivity index (χ0n) is 14.9. The molecule has 0 unspecified atom stereocenters. The van der Waals surface area contributed by atoms with Gasteiger partial charge in [0, 0.05) is 11.8 Å². The molecule has 29 heavy (non-hydrogen) atoms. The number of fused-ring (bicyclic) bond motifs is 2. The highest BCUT2D eigenvalue weighted by atomic mass is 19.4. The monoisotopic (exact) mass is 394 g/mol. The first-order chi connectivity index (χ1) is 13.9. The number of hydrogen-bond donors (Lipinski definition) is 1. The first kappa shape index (κ1) is 17.4. The number of halogens is 3. The van der Waals surface area contributed by atoms with E-state index in [1.54, 1.807) is 6.07 Å². The molecule has 2 aromatic carbocycles. The molecule has 0 spiro atoms. The van der Waals surface area contributed by atoms with Crippen molar-refractivity contribution in [2.45, 2.75) is 12.7 Å². The topological polar surface area (TPSA) is 81.5 Å². The Morgan fingerprint density at radius 1 is 1.03 bits per heavy atom. The SMILES string of the molecule is Nc1nc(-c2ccccc2)c(-c2cc3c(c(C(F)(F)F)c2)CN=C3)c2nncn12. The predicted molar refractivity (Wildman–Crippen MR) is 102 cm³/mol.